The molecule has 2 heterocycles. The van der Waals surface area contributed by atoms with E-state index in [0.29, 0.717) is 16.4 Å². The summed E-state index contributed by atoms with van der Waals surface area (Å²) in [5.74, 6) is -0.596. The van der Waals surface area contributed by atoms with Gasteiger partial charge in [0, 0.05) is 31.2 Å². The lowest BCUT2D eigenvalue weighted by Crippen LogP contribution is -2.57. The summed E-state index contributed by atoms with van der Waals surface area (Å²) in [7, 11) is 2.09. The summed E-state index contributed by atoms with van der Waals surface area (Å²) < 4.78 is 0. The van der Waals surface area contributed by atoms with Crippen LogP contribution >= 0.6 is 11.6 Å². The van der Waals surface area contributed by atoms with Gasteiger partial charge >= 0.3 is 0 Å². The average molecular weight is 441 g/mol. The summed E-state index contributed by atoms with van der Waals surface area (Å²) in [6.07, 6.45) is 0. The van der Waals surface area contributed by atoms with Gasteiger partial charge in [-0.1, -0.05) is 29.8 Å². The molecule has 0 aromatic heterocycles. The first-order chi connectivity index (χ1) is 14.9. The molecule has 2 N–H and O–H groups in total. The van der Waals surface area contributed by atoms with E-state index in [9.17, 15) is 9.59 Å². The fraction of sp³-hybridized carbons (Fsp3) is 0.318. The molecule has 4 rings (SSSR count). The van der Waals surface area contributed by atoms with Gasteiger partial charge in [-0.25, -0.2) is 10.0 Å². The number of rotatable bonds is 4. The third-order valence-electron chi connectivity index (χ3n) is 5.40. The van der Waals surface area contributed by atoms with Crippen molar-refractivity contribution >= 4 is 46.3 Å². The Morgan fingerprint density at radius 1 is 1.13 bits per heavy atom. The summed E-state index contributed by atoms with van der Waals surface area (Å²) in [5, 5.41) is 4.81. The van der Waals surface area contributed by atoms with E-state index in [0.717, 1.165) is 31.9 Å². The highest BCUT2D eigenvalue weighted by molar-refractivity contribution is 6.44. The van der Waals surface area contributed by atoms with Crippen LogP contribution in [0.1, 0.15) is 6.92 Å². The number of nitrogens with one attached hydrogen (secondary N) is 2. The van der Waals surface area contributed by atoms with Crippen LogP contribution in [0.4, 0.5) is 17.1 Å². The van der Waals surface area contributed by atoms with Crippen molar-refractivity contribution in [2.24, 2.45) is 4.99 Å². The van der Waals surface area contributed by atoms with Gasteiger partial charge in [-0.3, -0.25) is 15.0 Å². The molecule has 9 heteroatoms. The van der Waals surface area contributed by atoms with Crippen molar-refractivity contribution in [2.75, 3.05) is 48.5 Å². The van der Waals surface area contributed by atoms with Gasteiger partial charge in [-0.15, -0.1) is 0 Å². The number of piperazine rings is 1. The first-order valence-corrected chi connectivity index (χ1v) is 10.6. The lowest BCUT2D eigenvalue weighted by molar-refractivity contribution is -0.120. The Kier molecular flexibility index (Phi) is 6.11. The zero-order valence-electron chi connectivity index (χ0n) is 17.5. The third-order valence-corrected chi connectivity index (χ3v) is 5.63. The van der Waals surface area contributed by atoms with Gasteiger partial charge in [0.15, 0.2) is 0 Å². The van der Waals surface area contributed by atoms with Crippen LogP contribution in [0.5, 0.6) is 0 Å². The van der Waals surface area contributed by atoms with Gasteiger partial charge in [0.25, 0.3) is 11.8 Å². The number of hydrazine groups is 1. The Balaban J connectivity index is 1.56. The summed E-state index contributed by atoms with van der Waals surface area (Å²) in [5.41, 5.74) is 5.02. The minimum absolute atomic E-state index is 0.0697. The number of aliphatic imine (C=N–C) groups is 1. The number of para-hydroxylation sites is 1. The molecule has 0 bridgehead atoms. The van der Waals surface area contributed by atoms with E-state index >= 15 is 0 Å². The van der Waals surface area contributed by atoms with Crippen molar-refractivity contribution in [1.29, 1.82) is 0 Å². The maximum absolute atomic E-state index is 13.1. The first-order valence-electron chi connectivity index (χ1n) is 10.2. The predicted octanol–water partition coefficient (Wildman–Crippen LogP) is 2.37. The first kappa shape index (κ1) is 21.1. The maximum Gasteiger partial charge on any atom is 0.292 e. The minimum atomic E-state index is -0.682. The topological polar surface area (TPSA) is 80.3 Å². The number of benzene rings is 2. The van der Waals surface area contributed by atoms with Crippen LogP contribution in [0.2, 0.25) is 5.02 Å². The minimum Gasteiger partial charge on any atom is -0.367 e. The molecule has 31 heavy (non-hydrogen) atoms. The molecule has 162 valence electrons. The summed E-state index contributed by atoms with van der Waals surface area (Å²) in [6, 6.07) is 13.9. The highest BCUT2D eigenvalue weighted by Crippen LogP contribution is 2.30. The lowest BCUT2D eigenvalue weighted by Gasteiger charge is -2.35. The molecule has 2 aromatic rings. The van der Waals surface area contributed by atoms with Gasteiger partial charge in [0.2, 0.25) is 5.84 Å². The molecular weight excluding hydrogens is 416 g/mol. The number of carbonyl (C=O) groups excluding carboxylic acids is 2. The van der Waals surface area contributed by atoms with Crippen molar-refractivity contribution in [3.63, 3.8) is 0 Å². The third kappa shape index (κ3) is 4.65. The Bertz CT molecular complexity index is 1000. The van der Waals surface area contributed by atoms with Crippen LogP contribution in [0.3, 0.4) is 0 Å². The van der Waals surface area contributed by atoms with Crippen molar-refractivity contribution < 1.29 is 9.59 Å². The second-order valence-corrected chi connectivity index (χ2v) is 8.12. The largest absolute Gasteiger partial charge is 0.367 e. The van der Waals surface area contributed by atoms with E-state index in [-0.39, 0.29) is 11.7 Å². The van der Waals surface area contributed by atoms with E-state index in [1.165, 1.54) is 5.01 Å². The summed E-state index contributed by atoms with van der Waals surface area (Å²) >= 11 is 6.22. The molecule has 1 saturated heterocycles. The quantitative estimate of drug-likeness (QED) is 0.763. The summed E-state index contributed by atoms with van der Waals surface area (Å²) in [4.78, 5) is 34.4. The number of anilines is 3. The number of carbonyl (C=O) groups is 2. The molecule has 2 aromatic carbocycles. The van der Waals surface area contributed by atoms with Crippen molar-refractivity contribution in [2.45, 2.75) is 13.0 Å². The molecule has 2 amide bonds. The Morgan fingerprint density at radius 2 is 1.84 bits per heavy atom. The number of hydrogen-bond donors (Lipinski definition) is 2. The van der Waals surface area contributed by atoms with E-state index in [1.54, 1.807) is 25.1 Å². The Hall–Kier alpha value is -3.10. The van der Waals surface area contributed by atoms with Crippen LogP contribution in [0.15, 0.2) is 53.5 Å². The van der Waals surface area contributed by atoms with Crippen LogP contribution < -0.4 is 20.7 Å². The second-order valence-electron chi connectivity index (χ2n) is 7.68. The highest BCUT2D eigenvalue weighted by atomic mass is 35.5. The number of halogens is 1. The SMILES string of the molecule is CC1N=C(C(=O)Nc2cc(Cl)ccc2N2CCN(C)CC2)NN(c2ccccc2)C1=O. The van der Waals surface area contributed by atoms with Crippen molar-refractivity contribution in [3.05, 3.63) is 53.6 Å². The van der Waals surface area contributed by atoms with Crippen molar-refractivity contribution in [3.8, 4) is 0 Å². The van der Waals surface area contributed by atoms with Gasteiger partial charge in [-0.05, 0) is 44.3 Å². The fourth-order valence-electron chi connectivity index (χ4n) is 3.62. The molecule has 1 fully saturated rings. The average Bonchev–Trinajstić information content (AvgIpc) is 2.77. The highest BCUT2D eigenvalue weighted by Gasteiger charge is 2.31. The molecule has 1 unspecified atom stereocenters. The van der Waals surface area contributed by atoms with Gasteiger partial charge < -0.3 is 15.1 Å². The number of likely N-dealkylation sites (N-methyl/N-ethyl adjacent to an activating group) is 1. The van der Waals surface area contributed by atoms with E-state index in [1.807, 2.05) is 30.3 Å². The standard InChI is InChI=1S/C22H25ClN6O2/c1-15-22(31)29(17-6-4-3-5-7-17)26-20(24-15)21(30)25-18-14-16(23)8-9-19(18)28-12-10-27(2)11-13-28/h3-9,14-15H,10-13H2,1-2H3,(H,24,26)(H,25,30). The number of amides is 2. The zero-order valence-corrected chi connectivity index (χ0v) is 18.3. The smallest absolute Gasteiger partial charge is 0.292 e. The van der Waals surface area contributed by atoms with Crippen LogP contribution in [-0.4, -0.2) is 61.8 Å². The normalized spacial score (nSPS) is 19.6. The van der Waals surface area contributed by atoms with Crippen molar-refractivity contribution in [1.82, 2.24) is 10.3 Å². The van der Waals surface area contributed by atoms with Crippen LogP contribution in [0.25, 0.3) is 0 Å². The van der Waals surface area contributed by atoms with E-state index in [2.05, 4.69) is 32.6 Å². The fourth-order valence-corrected chi connectivity index (χ4v) is 3.79. The van der Waals surface area contributed by atoms with E-state index < -0.39 is 11.9 Å². The molecule has 0 radical (unpaired) electrons. The molecule has 0 aliphatic carbocycles. The molecule has 8 nitrogen and oxygen atoms in total. The Labute approximate surface area is 186 Å². The van der Waals surface area contributed by atoms with E-state index in [4.69, 9.17) is 11.6 Å². The van der Waals surface area contributed by atoms with Crippen LogP contribution in [-0.2, 0) is 9.59 Å². The predicted molar refractivity (Wildman–Crippen MR) is 124 cm³/mol. The number of nitrogens with zero attached hydrogens (tertiary/aromatic N) is 4. The molecular formula is C22H25ClN6O2. The monoisotopic (exact) mass is 440 g/mol. The number of amidine groups is 1. The lowest BCUT2D eigenvalue weighted by atomic mass is 10.2. The zero-order chi connectivity index (χ0) is 22.0. The Morgan fingerprint density at radius 3 is 2.55 bits per heavy atom. The molecule has 0 spiro atoms. The second kappa shape index (κ2) is 8.95. The number of hydrogen-bond acceptors (Lipinski definition) is 6. The van der Waals surface area contributed by atoms with Gasteiger partial charge in [-0.2, -0.15) is 0 Å². The van der Waals surface area contributed by atoms with Gasteiger partial charge in [0.1, 0.15) is 6.04 Å². The molecule has 2 aliphatic rings. The summed E-state index contributed by atoms with van der Waals surface area (Å²) in [6.45, 7) is 5.26. The molecule has 1 atom stereocenters. The van der Waals surface area contributed by atoms with Gasteiger partial charge in [0.05, 0.1) is 17.1 Å². The maximum atomic E-state index is 13.1. The molecule has 2 aliphatic heterocycles. The molecule has 0 saturated carbocycles. The van der Waals surface area contributed by atoms with Crippen LogP contribution in [0, 0.1) is 0 Å².